The lowest BCUT2D eigenvalue weighted by atomic mass is 9.82. The van der Waals surface area contributed by atoms with Crippen molar-refractivity contribution in [1.29, 1.82) is 0 Å². The third kappa shape index (κ3) is 7.28. The summed E-state index contributed by atoms with van der Waals surface area (Å²) in [6.45, 7) is 0.782. The van der Waals surface area contributed by atoms with Crippen LogP contribution < -0.4 is 0 Å². The van der Waals surface area contributed by atoms with Crippen molar-refractivity contribution in [3.63, 3.8) is 0 Å². The number of esters is 1. The Morgan fingerprint density at radius 3 is 0.635 bits per heavy atom. The van der Waals surface area contributed by atoms with E-state index in [0.717, 1.165) is 0 Å². The average Bonchev–Trinajstić information content (AvgIpc) is 3.05. The fraction of sp³-hybridized carbons (Fsp3) is 0.875. The van der Waals surface area contributed by atoms with Crippen LogP contribution in [0.25, 0.3) is 0 Å². The molecule has 0 atom stereocenters. The van der Waals surface area contributed by atoms with E-state index < -0.39 is 131 Å². The number of alkyl halides is 37. The molecule has 2 nitrogen and oxygen atoms in total. The van der Waals surface area contributed by atoms with E-state index in [1.807, 2.05) is 0 Å². The summed E-state index contributed by atoms with van der Waals surface area (Å²) in [5.74, 6) is -168. The van der Waals surface area contributed by atoms with Crippen LogP contribution in [0.2, 0.25) is 0 Å². The van der Waals surface area contributed by atoms with E-state index >= 15 is 0 Å². The molecule has 0 spiro atoms. The molecule has 0 saturated heterocycles. The summed E-state index contributed by atoms with van der Waals surface area (Å²) in [6.07, 6.45) is -11.9. The van der Waals surface area contributed by atoms with Gasteiger partial charge in [0.15, 0.2) is 0 Å². The maximum Gasteiger partial charge on any atom is 0.460 e. The first kappa shape index (κ1) is 59.6. The number of carbonyl (C=O) groups is 1. The van der Waals surface area contributed by atoms with Crippen molar-refractivity contribution in [3.8, 4) is 0 Å². The van der Waals surface area contributed by atoms with E-state index in [0.29, 0.717) is 6.92 Å². The lowest BCUT2D eigenvalue weighted by Crippen LogP contribution is -2.80. The molecule has 0 saturated carbocycles. The summed E-state index contributed by atoms with van der Waals surface area (Å²) in [5, 5.41) is 0. The van der Waals surface area contributed by atoms with Gasteiger partial charge in [0.2, 0.25) is 0 Å². The molecule has 0 unspecified atom stereocenters. The van der Waals surface area contributed by atoms with Crippen LogP contribution in [0.4, 0.5) is 162 Å². The standard InChI is InChI=1S/C24H9F37O2/c1-5(2)6(62)63-4-3-7(25,26)8(27,28)9(29,30)10(31,32)11(33,34)12(35,36)13(37,38)14(39,40)15(41,42)16(43,44)17(45,46)18(47,48)19(49,50)20(51,52)21(53,54)22(55,56)23(57,58)24(59,60)61/h1,3-4H2,2H3. The first-order chi connectivity index (χ1) is 26.6. The second kappa shape index (κ2) is 15.1. The molecule has 0 bridgehead atoms. The van der Waals surface area contributed by atoms with E-state index in [9.17, 15) is 167 Å². The molecule has 0 aromatic carbocycles. The molecule has 0 amide bonds. The Morgan fingerprint density at radius 2 is 0.476 bits per heavy atom. The minimum absolute atomic E-state index is 0.585. The number of ether oxygens (including phenoxy) is 1. The normalized spacial score (nSPS) is 16.7. The van der Waals surface area contributed by atoms with E-state index in [1.54, 1.807) is 0 Å². The van der Waals surface area contributed by atoms with Crippen molar-refractivity contribution < 1.29 is 172 Å². The van der Waals surface area contributed by atoms with E-state index in [1.165, 1.54) is 0 Å². The molecular weight excluding hydrogens is 1020 g/mol. The number of hydrogen-bond donors (Lipinski definition) is 0. The van der Waals surface area contributed by atoms with Crippen LogP contribution in [0.5, 0.6) is 0 Å². The molecule has 0 N–H and O–H groups in total. The largest absolute Gasteiger partial charge is 0.462 e. The number of carbonyl (C=O) groups excluding carboxylic acids is 1. The first-order valence-electron chi connectivity index (χ1n) is 13.9. The van der Waals surface area contributed by atoms with Gasteiger partial charge in [-0.3, -0.25) is 0 Å². The fourth-order valence-corrected chi connectivity index (χ4v) is 3.72. The van der Waals surface area contributed by atoms with Gasteiger partial charge in [-0.2, -0.15) is 162 Å². The maximum atomic E-state index is 14.1. The zero-order valence-corrected chi connectivity index (χ0v) is 27.9. The predicted octanol–water partition coefficient (Wildman–Crippen LogP) is 12.9. The molecule has 0 fully saturated rings. The maximum absolute atomic E-state index is 14.1. The highest BCUT2D eigenvalue weighted by atomic mass is 19.4. The zero-order valence-electron chi connectivity index (χ0n) is 27.9. The SMILES string of the molecule is C=C(C)C(=O)OCCC(F)(F)C(F)(F)C(F)(F)C(F)(F)C(F)(F)C(F)(F)C(F)(F)C(F)(F)C(F)(F)C(F)(F)C(F)(F)C(F)(F)C(F)(F)C(F)(F)C(F)(F)C(F)(F)C(F)(F)C(F)(F)F. The van der Waals surface area contributed by atoms with Gasteiger partial charge in [0.25, 0.3) is 0 Å². The molecule has 0 aliphatic carbocycles. The van der Waals surface area contributed by atoms with Gasteiger partial charge in [-0.1, -0.05) is 6.58 Å². The lowest BCUT2D eigenvalue weighted by molar-refractivity contribution is -0.493. The molecule has 0 radical (unpaired) electrons. The fourth-order valence-electron chi connectivity index (χ4n) is 3.72. The summed E-state index contributed by atoms with van der Waals surface area (Å²) in [4.78, 5) is 11.0. The molecule has 63 heavy (non-hydrogen) atoms. The highest BCUT2D eigenvalue weighted by molar-refractivity contribution is 5.86. The third-order valence-corrected chi connectivity index (χ3v) is 7.73. The molecule has 376 valence electrons. The Morgan fingerprint density at radius 1 is 0.317 bits per heavy atom. The van der Waals surface area contributed by atoms with Crippen LogP contribution in [0.1, 0.15) is 13.3 Å². The van der Waals surface area contributed by atoms with E-state index in [-0.39, 0.29) is 0 Å². The first-order valence-corrected chi connectivity index (χ1v) is 13.9. The minimum atomic E-state index is -10.5. The van der Waals surface area contributed by atoms with Crippen molar-refractivity contribution in [2.75, 3.05) is 6.61 Å². The summed E-state index contributed by atoms with van der Waals surface area (Å²) >= 11 is 0. The molecule has 0 rings (SSSR count). The molecule has 0 aromatic rings. The lowest BCUT2D eigenvalue weighted by Gasteiger charge is -2.47. The summed E-state index contributed by atoms with van der Waals surface area (Å²) in [7, 11) is 0. The Kier molecular flexibility index (Phi) is 14.3. The Hall–Kier alpha value is -3.38. The highest BCUT2D eigenvalue weighted by Gasteiger charge is 3.02. The van der Waals surface area contributed by atoms with Crippen LogP contribution >= 0.6 is 0 Å². The van der Waals surface area contributed by atoms with Gasteiger partial charge in [0.1, 0.15) is 0 Å². The third-order valence-electron chi connectivity index (χ3n) is 7.73. The minimum Gasteiger partial charge on any atom is -0.462 e. The average molecular weight is 1030 g/mol. The molecule has 0 heterocycles. The molecule has 0 aliphatic heterocycles. The zero-order chi connectivity index (χ0) is 52.3. The van der Waals surface area contributed by atoms with E-state index in [4.69, 9.17) is 0 Å². The Balaban J connectivity index is 7.74. The monoisotopic (exact) mass is 1030 g/mol. The van der Waals surface area contributed by atoms with Crippen molar-refractivity contribution in [2.24, 2.45) is 0 Å². The number of hydrogen-bond acceptors (Lipinski definition) is 2. The summed E-state index contributed by atoms with van der Waals surface area (Å²) in [5.41, 5.74) is -0.910. The van der Waals surface area contributed by atoms with Gasteiger partial charge in [0.05, 0.1) is 13.0 Å². The predicted molar refractivity (Wildman–Crippen MR) is 121 cm³/mol. The van der Waals surface area contributed by atoms with Crippen LogP contribution in [0.3, 0.4) is 0 Å². The van der Waals surface area contributed by atoms with Gasteiger partial charge in [-0.05, 0) is 6.92 Å². The summed E-state index contributed by atoms with van der Waals surface area (Å²) < 4.78 is 509. The van der Waals surface area contributed by atoms with Crippen molar-refractivity contribution in [1.82, 2.24) is 0 Å². The topological polar surface area (TPSA) is 26.3 Å². The van der Waals surface area contributed by atoms with E-state index in [2.05, 4.69) is 11.3 Å². The molecular formula is C24H9F37O2. The highest BCUT2D eigenvalue weighted by Crippen LogP contribution is 2.70. The van der Waals surface area contributed by atoms with Crippen LogP contribution in [0.15, 0.2) is 12.2 Å². The van der Waals surface area contributed by atoms with Crippen molar-refractivity contribution in [3.05, 3.63) is 12.2 Å². The Labute approximate surface area is 318 Å². The van der Waals surface area contributed by atoms with Gasteiger partial charge < -0.3 is 4.74 Å². The van der Waals surface area contributed by atoms with Crippen molar-refractivity contribution >= 4 is 5.97 Å². The van der Waals surface area contributed by atoms with Crippen LogP contribution in [0, 0.1) is 0 Å². The second-order valence-electron chi connectivity index (χ2n) is 12.1. The van der Waals surface area contributed by atoms with Gasteiger partial charge in [-0.15, -0.1) is 0 Å². The van der Waals surface area contributed by atoms with Crippen molar-refractivity contribution in [2.45, 2.75) is 120 Å². The van der Waals surface area contributed by atoms with Crippen LogP contribution in [-0.4, -0.2) is 119 Å². The van der Waals surface area contributed by atoms with Gasteiger partial charge in [-0.25, -0.2) is 4.79 Å². The molecule has 0 aromatic heterocycles. The number of halogens is 37. The molecule has 39 heteroatoms. The Bertz CT molecular complexity index is 1690. The van der Waals surface area contributed by atoms with Gasteiger partial charge >= 0.3 is 113 Å². The smallest absolute Gasteiger partial charge is 0.460 e. The second-order valence-corrected chi connectivity index (χ2v) is 12.1. The van der Waals surface area contributed by atoms with Gasteiger partial charge in [0, 0.05) is 5.57 Å². The molecule has 0 aliphatic rings. The number of rotatable bonds is 20. The summed E-state index contributed by atoms with van der Waals surface area (Å²) in [6, 6.07) is 0. The van der Waals surface area contributed by atoms with Crippen LogP contribution in [-0.2, 0) is 9.53 Å². The quantitative estimate of drug-likeness (QED) is 0.0690.